The zero-order valence-corrected chi connectivity index (χ0v) is 7.49. The van der Waals surface area contributed by atoms with Crippen molar-refractivity contribution in [3.8, 4) is 0 Å². The molecule has 0 saturated carbocycles. The number of unbranched alkanes of at least 4 members (excludes halogenated alkanes) is 1. The van der Waals surface area contributed by atoms with Gasteiger partial charge < -0.3 is 0 Å². The van der Waals surface area contributed by atoms with Gasteiger partial charge >= 0.3 is 0 Å². The number of carbonyl (C=O) groups is 1. The van der Waals surface area contributed by atoms with Gasteiger partial charge in [-0.15, -0.1) is 0 Å². The van der Waals surface area contributed by atoms with E-state index in [0.29, 0.717) is 5.78 Å². The lowest BCUT2D eigenvalue weighted by Crippen LogP contribution is -1.97. The van der Waals surface area contributed by atoms with Crippen LogP contribution in [0.1, 0.15) is 39.0 Å². The van der Waals surface area contributed by atoms with Crippen LogP contribution in [0.5, 0.6) is 0 Å². The number of hydrogen-bond donors (Lipinski definition) is 1. The lowest BCUT2D eigenvalue weighted by molar-refractivity contribution is -0.119. The summed E-state index contributed by atoms with van der Waals surface area (Å²) in [5, 5.41) is 0. The molecule has 0 bridgehead atoms. The van der Waals surface area contributed by atoms with Crippen molar-refractivity contribution in [2.75, 3.05) is 5.75 Å². The molecule has 60 valence electrons. The first-order chi connectivity index (χ1) is 4.81. The summed E-state index contributed by atoms with van der Waals surface area (Å²) in [6.07, 6.45) is 4.59. The fourth-order valence-corrected chi connectivity index (χ4v) is 0.933. The summed E-state index contributed by atoms with van der Waals surface area (Å²) >= 11 is 4.03. The molecule has 0 spiro atoms. The van der Waals surface area contributed by atoms with Gasteiger partial charge in [-0.05, 0) is 18.6 Å². The van der Waals surface area contributed by atoms with Gasteiger partial charge in [0.2, 0.25) is 0 Å². The first kappa shape index (κ1) is 10.0. The van der Waals surface area contributed by atoms with E-state index < -0.39 is 0 Å². The molecule has 0 atom stereocenters. The monoisotopic (exact) mass is 160 g/mol. The van der Waals surface area contributed by atoms with Gasteiger partial charge in [0.05, 0.1) is 0 Å². The third-order valence-electron chi connectivity index (χ3n) is 1.42. The van der Waals surface area contributed by atoms with Crippen molar-refractivity contribution in [3.63, 3.8) is 0 Å². The predicted octanol–water partition coefficient (Wildman–Crippen LogP) is 2.46. The van der Waals surface area contributed by atoms with Crippen LogP contribution in [0, 0.1) is 0 Å². The van der Waals surface area contributed by atoms with Gasteiger partial charge in [0.15, 0.2) is 0 Å². The molecule has 0 radical (unpaired) electrons. The van der Waals surface area contributed by atoms with Crippen LogP contribution in [0.25, 0.3) is 0 Å². The molecule has 0 aliphatic carbocycles. The highest BCUT2D eigenvalue weighted by atomic mass is 32.1. The maximum Gasteiger partial charge on any atom is 0.132 e. The van der Waals surface area contributed by atoms with Crippen LogP contribution in [-0.2, 0) is 4.79 Å². The van der Waals surface area contributed by atoms with Gasteiger partial charge in [-0.3, -0.25) is 4.79 Å². The summed E-state index contributed by atoms with van der Waals surface area (Å²) < 4.78 is 0. The van der Waals surface area contributed by atoms with E-state index in [1.54, 1.807) is 0 Å². The normalized spacial score (nSPS) is 9.80. The molecule has 0 unspecified atom stereocenters. The van der Waals surface area contributed by atoms with E-state index >= 15 is 0 Å². The van der Waals surface area contributed by atoms with Gasteiger partial charge in [0.1, 0.15) is 5.78 Å². The summed E-state index contributed by atoms with van der Waals surface area (Å²) in [6.45, 7) is 2.10. The standard InChI is InChI=1S/C8H16OS/c1-2-3-5-8(9)6-4-7-10/h10H,2-7H2,1H3. The van der Waals surface area contributed by atoms with Crippen LogP contribution < -0.4 is 0 Å². The Morgan fingerprint density at radius 3 is 2.40 bits per heavy atom. The Balaban J connectivity index is 3.09. The lowest BCUT2D eigenvalue weighted by atomic mass is 10.1. The van der Waals surface area contributed by atoms with E-state index in [1.807, 2.05) is 0 Å². The van der Waals surface area contributed by atoms with Crippen molar-refractivity contribution in [1.82, 2.24) is 0 Å². The molecule has 0 saturated heterocycles. The van der Waals surface area contributed by atoms with Crippen molar-refractivity contribution in [2.45, 2.75) is 39.0 Å². The highest BCUT2D eigenvalue weighted by molar-refractivity contribution is 7.80. The molecule has 2 heteroatoms. The van der Waals surface area contributed by atoms with Gasteiger partial charge in [-0.2, -0.15) is 12.6 Å². The molecule has 1 nitrogen and oxygen atoms in total. The largest absolute Gasteiger partial charge is 0.300 e. The summed E-state index contributed by atoms with van der Waals surface area (Å²) in [5.74, 6) is 1.23. The SMILES string of the molecule is CCCCC(=O)CCCS. The Labute approximate surface area is 68.6 Å². The summed E-state index contributed by atoms with van der Waals surface area (Å²) in [6, 6.07) is 0. The van der Waals surface area contributed by atoms with Crippen LogP contribution in [0.2, 0.25) is 0 Å². The fourth-order valence-electron chi connectivity index (χ4n) is 0.775. The van der Waals surface area contributed by atoms with Crippen LogP contribution in [0.15, 0.2) is 0 Å². The van der Waals surface area contributed by atoms with Crippen molar-refractivity contribution in [3.05, 3.63) is 0 Å². The fraction of sp³-hybridized carbons (Fsp3) is 0.875. The van der Waals surface area contributed by atoms with E-state index in [9.17, 15) is 4.79 Å². The predicted molar refractivity (Wildman–Crippen MR) is 47.6 cm³/mol. The van der Waals surface area contributed by atoms with Crippen molar-refractivity contribution < 1.29 is 4.79 Å². The Bertz CT molecular complexity index is 81.3. The lowest BCUT2D eigenvalue weighted by Gasteiger charge is -1.95. The average molecular weight is 160 g/mol. The van der Waals surface area contributed by atoms with E-state index in [0.717, 1.165) is 37.9 Å². The molecule has 0 aliphatic rings. The Morgan fingerprint density at radius 2 is 1.90 bits per heavy atom. The van der Waals surface area contributed by atoms with Gasteiger partial charge in [-0.25, -0.2) is 0 Å². The summed E-state index contributed by atoms with van der Waals surface area (Å²) in [7, 11) is 0. The minimum atomic E-state index is 0.399. The van der Waals surface area contributed by atoms with E-state index in [-0.39, 0.29) is 0 Å². The number of ketones is 1. The van der Waals surface area contributed by atoms with Gasteiger partial charge in [0, 0.05) is 12.8 Å². The van der Waals surface area contributed by atoms with Crippen molar-refractivity contribution in [1.29, 1.82) is 0 Å². The Morgan fingerprint density at radius 1 is 1.30 bits per heavy atom. The quantitative estimate of drug-likeness (QED) is 0.591. The molecule has 0 aliphatic heterocycles. The first-order valence-corrected chi connectivity index (χ1v) is 4.57. The molecular formula is C8H16OS. The second kappa shape index (κ2) is 7.13. The third kappa shape index (κ3) is 6.14. The van der Waals surface area contributed by atoms with E-state index in [2.05, 4.69) is 19.6 Å². The number of rotatable bonds is 6. The summed E-state index contributed by atoms with van der Waals surface area (Å²) in [4.78, 5) is 10.9. The molecular weight excluding hydrogens is 144 g/mol. The highest BCUT2D eigenvalue weighted by Crippen LogP contribution is 2.01. The molecule has 0 heterocycles. The number of hydrogen-bond acceptors (Lipinski definition) is 2. The van der Waals surface area contributed by atoms with Crippen LogP contribution in [0.3, 0.4) is 0 Å². The van der Waals surface area contributed by atoms with Gasteiger partial charge in [0.25, 0.3) is 0 Å². The minimum absolute atomic E-state index is 0.399. The topological polar surface area (TPSA) is 17.1 Å². The average Bonchev–Trinajstić information content (AvgIpc) is 1.97. The molecule has 10 heavy (non-hydrogen) atoms. The van der Waals surface area contributed by atoms with E-state index in [1.165, 1.54) is 0 Å². The number of carbonyl (C=O) groups excluding carboxylic acids is 1. The van der Waals surface area contributed by atoms with Gasteiger partial charge in [-0.1, -0.05) is 13.3 Å². The maximum atomic E-state index is 10.9. The molecule has 0 aromatic rings. The Kier molecular flexibility index (Phi) is 7.15. The molecule has 0 amide bonds. The zero-order valence-electron chi connectivity index (χ0n) is 6.60. The second-order valence-electron chi connectivity index (χ2n) is 2.47. The number of Topliss-reactive ketones (excluding diaryl/α,β-unsaturated/α-hetero) is 1. The minimum Gasteiger partial charge on any atom is -0.300 e. The Hall–Kier alpha value is 0.0200. The van der Waals surface area contributed by atoms with Crippen LogP contribution >= 0.6 is 12.6 Å². The van der Waals surface area contributed by atoms with E-state index in [4.69, 9.17) is 0 Å². The van der Waals surface area contributed by atoms with Crippen molar-refractivity contribution in [2.24, 2.45) is 0 Å². The zero-order chi connectivity index (χ0) is 7.82. The molecule has 0 N–H and O–H groups in total. The van der Waals surface area contributed by atoms with Crippen LogP contribution in [0.4, 0.5) is 0 Å². The third-order valence-corrected chi connectivity index (χ3v) is 1.74. The number of thiol groups is 1. The first-order valence-electron chi connectivity index (χ1n) is 3.93. The molecule has 0 aromatic heterocycles. The van der Waals surface area contributed by atoms with Crippen LogP contribution in [-0.4, -0.2) is 11.5 Å². The smallest absolute Gasteiger partial charge is 0.132 e. The highest BCUT2D eigenvalue weighted by Gasteiger charge is 1.98. The molecule has 0 aromatic carbocycles. The second-order valence-corrected chi connectivity index (χ2v) is 2.92. The summed E-state index contributed by atoms with van der Waals surface area (Å²) in [5.41, 5.74) is 0. The molecule has 0 fully saturated rings. The maximum absolute atomic E-state index is 10.9. The van der Waals surface area contributed by atoms with Crippen molar-refractivity contribution >= 4 is 18.4 Å². The molecule has 0 rings (SSSR count).